The van der Waals surface area contributed by atoms with Crippen molar-refractivity contribution in [2.45, 2.75) is 90.9 Å². The molecule has 0 aliphatic carbocycles. The second kappa shape index (κ2) is 17.1. The van der Waals surface area contributed by atoms with Crippen LogP contribution in [-0.2, 0) is 4.79 Å². The van der Waals surface area contributed by atoms with Crippen LogP contribution in [0, 0.1) is 0 Å². The predicted octanol–water partition coefficient (Wildman–Crippen LogP) is 6.83. The fraction of sp³-hybridized carbons (Fsp3) is 0.667. The number of aliphatic carboxylic acids is 1. The van der Waals surface area contributed by atoms with Crippen molar-refractivity contribution in [2.75, 3.05) is 0 Å². The van der Waals surface area contributed by atoms with Gasteiger partial charge in [-0.05, 0) is 51.9 Å². The summed E-state index contributed by atoms with van der Waals surface area (Å²) in [5, 5.41) is 8.53. The van der Waals surface area contributed by atoms with Gasteiger partial charge in [-0.2, -0.15) is 0 Å². The fourth-order valence-electron chi connectivity index (χ4n) is 2.40. The van der Waals surface area contributed by atoms with Gasteiger partial charge in [0.2, 0.25) is 0 Å². The maximum Gasteiger partial charge on any atom is 0.303 e. The van der Waals surface area contributed by atoms with Crippen LogP contribution in [0.5, 0.6) is 0 Å². The van der Waals surface area contributed by atoms with E-state index in [1.54, 1.807) is 0 Å². The molecule has 1 N–H and O–H groups in total. The molecule has 0 fully saturated rings. The van der Waals surface area contributed by atoms with Gasteiger partial charge in [0.05, 0.1) is 0 Å². The van der Waals surface area contributed by atoms with E-state index in [-0.39, 0.29) is 0 Å². The topological polar surface area (TPSA) is 37.3 Å². The summed E-state index contributed by atoms with van der Waals surface area (Å²) < 4.78 is 0. The van der Waals surface area contributed by atoms with E-state index in [1.165, 1.54) is 37.7 Å². The summed E-state index contributed by atoms with van der Waals surface area (Å²) in [6.45, 7) is 4.48. The maximum atomic E-state index is 10.4. The first-order valence-corrected chi connectivity index (χ1v) is 9.34. The minimum absolute atomic E-state index is 0.313. The van der Waals surface area contributed by atoms with E-state index in [4.69, 9.17) is 5.11 Å². The van der Waals surface area contributed by atoms with Gasteiger partial charge in [0, 0.05) is 6.42 Å². The molecule has 0 saturated heterocycles. The van der Waals surface area contributed by atoms with E-state index in [0.29, 0.717) is 6.42 Å². The van der Waals surface area contributed by atoms with Crippen LogP contribution < -0.4 is 0 Å². The molecule has 0 radical (unpaired) electrons. The van der Waals surface area contributed by atoms with Gasteiger partial charge in [0.15, 0.2) is 0 Å². The lowest BCUT2D eigenvalue weighted by Crippen LogP contribution is -1.93. The van der Waals surface area contributed by atoms with Crippen molar-refractivity contribution in [3.63, 3.8) is 0 Å². The van der Waals surface area contributed by atoms with E-state index in [9.17, 15) is 4.79 Å². The Morgan fingerprint density at radius 3 is 2.22 bits per heavy atom. The number of allylic oxidation sites excluding steroid dienone is 6. The third-order valence-electron chi connectivity index (χ3n) is 3.89. The van der Waals surface area contributed by atoms with Gasteiger partial charge in [-0.25, -0.2) is 0 Å². The van der Waals surface area contributed by atoms with Crippen LogP contribution in [0.3, 0.4) is 0 Å². The summed E-state index contributed by atoms with van der Waals surface area (Å²) >= 11 is 0. The van der Waals surface area contributed by atoms with E-state index in [0.717, 1.165) is 38.5 Å². The molecule has 0 aromatic rings. The highest BCUT2D eigenvalue weighted by molar-refractivity contribution is 5.66. The first kappa shape index (κ1) is 21.7. The van der Waals surface area contributed by atoms with Crippen LogP contribution in [0.25, 0.3) is 0 Å². The highest BCUT2D eigenvalue weighted by Gasteiger charge is 1.95. The van der Waals surface area contributed by atoms with Crippen molar-refractivity contribution in [1.82, 2.24) is 0 Å². The average Bonchev–Trinajstić information content (AvgIpc) is 2.51. The highest BCUT2D eigenvalue weighted by Crippen LogP contribution is 2.09. The molecule has 0 unspecified atom stereocenters. The summed E-state index contributed by atoms with van der Waals surface area (Å²) in [6, 6.07) is 0. The summed E-state index contributed by atoms with van der Waals surface area (Å²) in [5.74, 6) is -0.678. The van der Waals surface area contributed by atoms with Crippen LogP contribution in [0.15, 0.2) is 36.0 Å². The molecule has 0 heterocycles. The Morgan fingerprint density at radius 1 is 0.826 bits per heavy atom. The summed E-state index contributed by atoms with van der Waals surface area (Å²) in [5.41, 5.74) is 1.52. The number of hydrogen-bond donors (Lipinski definition) is 1. The molecule has 2 nitrogen and oxygen atoms in total. The molecule has 0 atom stereocenters. The van der Waals surface area contributed by atoms with Gasteiger partial charge in [-0.3, -0.25) is 4.79 Å². The molecule has 0 rings (SSSR count). The van der Waals surface area contributed by atoms with Crippen molar-refractivity contribution in [3.05, 3.63) is 36.0 Å². The summed E-state index contributed by atoms with van der Waals surface area (Å²) in [6.07, 6.45) is 24.1. The van der Waals surface area contributed by atoms with Crippen molar-refractivity contribution in [3.8, 4) is 0 Å². The first-order valence-electron chi connectivity index (χ1n) is 9.34. The lowest BCUT2D eigenvalue weighted by molar-refractivity contribution is -0.137. The van der Waals surface area contributed by atoms with Crippen LogP contribution in [-0.4, -0.2) is 11.1 Å². The third kappa shape index (κ3) is 18.6. The first-order chi connectivity index (χ1) is 11.2. The smallest absolute Gasteiger partial charge is 0.303 e. The zero-order valence-electron chi connectivity index (χ0n) is 15.2. The number of rotatable bonds is 15. The lowest BCUT2D eigenvalue weighted by atomic mass is 10.1. The third-order valence-corrected chi connectivity index (χ3v) is 3.89. The molecule has 0 saturated carbocycles. The van der Waals surface area contributed by atoms with Crippen LogP contribution >= 0.6 is 0 Å². The van der Waals surface area contributed by atoms with E-state index < -0.39 is 5.97 Å². The average molecular weight is 321 g/mol. The summed E-state index contributed by atoms with van der Waals surface area (Å²) in [4.78, 5) is 10.4. The molecular formula is C21H36O2. The quantitative estimate of drug-likeness (QED) is 0.265. The Kier molecular flexibility index (Phi) is 16.1. The van der Waals surface area contributed by atoms with Gasteiger partial charge >= 0.3 is 5.97 Å². The van der Waals surface area contributed by atoms with Gasteiger partial charge in [0.1, 0.15) is 0 Å². The zero-order chi connectivity index (χ0) is 17.2. The van der Waals surface area contributed by atoms with E-state index in [2.05, 4.69) is 44.2 Å². The number of carboxylic acids is 1. The standard InChI is InChI=1S/C21H36O2/c1-3-4-14-17-20(2)18-15-12-10-8-6-5-7-9-11-13-16-19-21(22)23/h5-6,10,12,18H,3-4,7-9,11,13-17,19H2,1-2H3,(H,22,23)/b6-5-,12-10-,20-18-. The van der Waals surface area contributed by atoms with Crippen LogP contribution in [0.2, 0.25) is 0 Å². The monoisotopic (exact) mass is 320 g/mol. The largest absolute Gasteiger partial charge is 0.481 e. The number of carboxylic acid groups (broad SMARTS) is 1. The highest BCUT2D eigenvalue weighted by atomic mass is 16.4. The molecule has 0 aliphatic rings. The molecule has 23 heavy (non-hydrogen) atoms. The van der Waals surface area contributed by atoms with Crippen molar-refractivity contribution in [1.29, 1.82) is 0 Å². The van der Waals surface area contributed by atoms with E-state index in [1.807, 2.05) is 0 Å². The Morgan fingerprint density at radius 2 is 1.48 bits per heavy atom. The molecule has 0 bridgehead atoms. The number of hydrogen-bond acceptors (Lipinski definition) is 1. The molecular weight excluding hydrogens is 284 g/mol. The van der Waals surface area contributed by atoms with Crippen molar-refractivity contribution < 1.29 is 9.90 Å². The normalized spacial score (nSPS) is 12.5. The minimum atomic E-state index is -0.678. The molecule has 0 aromatic heterocycles. The Bertz CT molecular complexity index is 364. The summed E-state index contributed by atoms with van der Waals surface area (Å²) in [7, 11) is 0. The zero-order valence-corrected chi connectivity index (χ0v) is 15.2. The second-order valence-corrected chi connectivity index (χ2v) is 6.27. The van der Waals surface area contributed by atoms with Crippen LogP contribution in [0.4, 0.5) is 0 Å². The minimum Gasteiger partial charge on any atom is -0.481 e. The maximum absolute atomic E-state index is 10.4. The Balaban J connectivity index is 3.44. The van der Waals surface area contributed by atoms with Crippen molar-refractivity contribution >= 4 is 5.97 Å². The Hall–Kier alpha value is -1.31. The Labute approximate surface area is 143 Å². The number of carbonyl (C=O) groups is 1. The van der Waals surface area contributed by atoms with E-state index >= 15 is 0 Å². The van der Waals surface area contributed by atoms with Gasteiger partial charge < -0.3 is 5.11 Å². The second-order valence-electron chi connectivity index (χ2n) is 6.27. The van der Waals surface area contributed by atoms with Gasteiger partial charge in [0.25, 0.3) is 0 Å². The predicted molar refractivity (Wildman–Crippen MR) is 101 cm³/mol. The molecule has 132 valence electrons. The molecule has 2 heteroatoms. The SMILES string of the molecule is CCCCC/C(C)=C\C/C=C\C/C=C\CCCCCCC(=O)O. The molecule has 0 amide bonds. The van der Waals surface area contributed by atoms with Crippen molar-refractivity contribution in [2.24, 2.45) is 0 Å². The van der Waals surface area contributed by atoms with Gasteiger partial charge in [-0.15, -0.1) is 0 Å². The molecule has 0 aliphatic heterocycles. The van der Waals surface area contributed by atoms with Crippen LogP contribution in [0.1, 0.15) is 90.9 Å². The fourth-order valence-corrected chi connectivity index (χ4v) is 2.40. The lowest BCUT2D eigenvalue weighted by Gasteiger charge is -1.98. The van der Waals surface area contributed by atoms with Gasteiger partial charge in [-0.1, -0.05) is 68.6 Å². The number of unbranched alkanes of at least 4 members (excludes halogenated alkanes) is 6. The molecule has 0 spiro atoms. The molecule has 0 aromatic carbocycles.